The maximum absolute atomic E-state index is 13.8. The second-order valence-electron chi connectivity index (χ2n) is 4.98. The van der Waals surface area contributed by atoms with Gasteiger partial charge >= 0.3 is 0 Å². The zero-order chi connectivity index (χ0) is 14.5. The van der Waals surface area contributed by atoms with Gasteiger partial charge in [-0.05, 0) is 0 Å². The summed E-state index contributed by atoms with van der Waals surface area (Å²) >= 11 is 0. The molecule has 0 aromatic carbocycles. The zero-order valence-electron chi connectivity index (χ0n) is 10.4. The molecule has 1 atom stereocenters. The van der Waals surface area contributed by atoms with Gasteiger partial charge in [0.1, 0.15) is 11.8 Å². The fourth-order valence-electron chi connectivity index (χ4n) is 2.59. The van der Waals surface area contributed by atoms with Crippen molar-refractivity contribution in [3.05, 3.63) is 12.7 Å². The van der Waals surface area contributed by atoms with Crippen molar-refractivity contribution >= 4 is 17.0 Å². The van der Waals surface area contributed by atoms with Crippen LogP contribution in [0.15, 0.2) is 12.7 Å². The van der Waals surface area contributed by atoms with Crippen LogP contribution in [0.4, 0.5) is 14.6 Å². The molecule has 0 aliphatic heterocycles. The quantitative estimate of drug-likeness (QED) is 0.708. The predicted octanol–water partition coefficient (Wildman–Crippen LogP) is -0.355. The topological polar surface area (TPSA) is 110 Å². The average molecular weight is 285 g/mol. The Hall–Kier alpha value is -1.87. The van der Waals surface area contributed by atoms with Crippen molar-refractivity contribution in [2.45, 2.75) is 12.5 Å². The average Bonchev–Trinajstić information content (AvgIpc) is 2.73. The SMILES string of the molecule is Nc1ncnc2c1ncn2C[C@@H]1C(F)(F)C1(CO)CO. The normalized spacial score (nSPS) is 23.1. The number of aromatic nitrogens is 4. The lowest BCUT2D eigenvalue weighted by atomic mass is 10.1. The van der Waals surface area contributed by atoms with Crippen LogP contribution < -0.4 is 5.73 Å². The lowest BCUT2D eigenvalue weighted by Gasteiger charge is -2.08. The van der Waals surface area contributed by atoms with E-state index in [4.69, 9.17) is 15.9 Å². The second kappa shape index (κ2) is 4.06. The molecule has 9 heteroatoms. The van der Waals surface area contributed by atoms with Crippen molar-refractivity contribution in [3.8, 4) is 0 Å². The summed E-state index contributed by atoms with van der Waals surface area (Å²) in [6.07, 6.45) is 2.58. The lowest BCUT2D eigenvalue weighted by molar-refractivity contribution is 0.00812. The van der Waals surface area contributed by atoms with Crippen molar-refractivity contribution < 1.29 is 19.0 Å². The first kappa shape index (κ1) is 13.1. The molecule has 0 amide bonds. The maximum Gasteiger partial charge on any atom is 0.264 e. The van der Waals surface area contributed by atoms with Gasteiger partial charge < -0.3 is 20.5 Å². The van der Waals surface area contributed by atoms with Crippen LogP contribution in [0, 0.1) is 11.3 Å². The Morgan fingerprint density at radius 1 is 1.25 bits per heavy atom. The number of nitrogens with zero attached hydrogens (tertiary/aromatic N) is 4. The second-order valence-corrected chi connectivity index (χ2v) is 4.98. The number of imidazole rings is 1. The highest BCUT2D eigenvalue weighted by molar-refractivity contribution is 5.81. The summed E-state index contributed by atoms with van der Waals surface area (Å²) in [6.45, 7) is -1.66. The highest BCUT2D eigenvalue weighted by atomic mass is 19.3. The van der Waals surface area contributed by atoms with E-state index in [2.05, 4.69) is 15.0 Å². The largest absolute Gasteiger partial charge is 0.395 e. The van der Waals surface area contributed by atoms with Crippen LogP contribution in [0.2, 0.25) is 0 Å². The van der Waals surface area contributed by atoms with Crippen molar-refractivity contribution in [2.24, 2.45) is 11.3 Å². The van der Waals surface area contributed by atoms with E-state index in [0.717, 1.165) is 0 Å². The van der Waals surface area contributed by atoms with E-state index in [0.29, 0.717) is 11.2 Å². The minimum Gasteiger partial charge on any atom is -0.395 e. The lowest BCUT2D eigenvalue weighted by Crippen LogP contribution is -2.21. The number of hydrogen-bond acceptors (Lipinski definition) is 6. The molecule has 0 spiro atoms. The van der Waals surface area contributed by atoms with Crippen LogP contribution in [-0.2, 0) is 6.54 Å². The van der Waals surface area contributed by atoms with Crippen LogP contribution in [0.1, 0.15) is 0 Å². The number of nitrogen functional groups attached to an aromatic ring is 1. The highest BCUT2D eigenvalue weighted by Crippen LogP contribution is 2.66. The summed E-state index contributed by atoms with van der Waals surface area (Å²) in [5.41, 5.74) is 4.54. The van der Waals surface area contributed by atoms with Crippen LogP contribution >= 0.6 is 0 Å². The Bertz CT molecular complexity index is 655. The first-order valence-electron chi connectivity index (χ1n) is 5.99. The van der Waals surface area contributed by atoms with E-state index in [1.165, 1.54) is 17.2 Å². The molecule has 1 saturated carbocycles. The fraction of sp³-hybridized carbons (Fsp3) is 0.545. The van der Waals surface area contributed by atoms with Crippen molar-refractivity contribution in [1.82, 2.24) is 19.5 Å². The van der Waals surface area contributed by atoms with E-state index in [1.54, 1.807) is 0 Å². The first-order valence-corrected chi connectivity index (χ1v) is 5.99. The first-order chi connectivity index (χ1) is 9.48. The number of halogens is 2. The molecule has 2 heterocycles. The summed E-state index contributed by atoms with van der Waals surface area (Å²) in [5, 5.41) is 18.3. The summed E-state index contributed by atoms with van der Waals surface area (Å²) in [7, 11) is 0. The van der Waals surface area contributed by atoms with Gasteiger partial charge in [0, 0.05) is 6.54 Å². The Labute approximate surface area is 112 Å². The van der Waals surface area contributed by atoms with E-state index < -0.39 is 30.5 Å². The zero-order valence-corrected chi connectivity index (χ0v) is 10.4. The number of aliphatic hydroxyl groups excluding tert-OH is 2. The van der Waals surface area contributed by atoms with Crippen LogP contribution in [-0.4, -0.2) is 48.9 Å². The molecule has 0 unspecified atom stereocenters. The van der Waals surface area contributed by atoms with Crippen LogP contribution in [0.25, 0.3) is 11.2 Å². The Balaban J connectivity index is 1.94. The van der Waals surface area contributed by atoms with Gasteiger partial charge in [-0.25, -0.2) is 23.7 Å². The molecule has 108 valence electrons. The summed E-state index contributed by atoms with van der Waals surface area (Å²) < 4.78 is 29.0. The molecule has 2 aromatic rings. The summed E-state index contributed by atoms with van der Waals surface area (Å²) in [5.74, 6) is -4.11. The summed E-state index contributed by atoms with van der Waals surface area (Å²) in [6, 6.07) is 0. The number of fused-ring (bicyclic) bond motifs is 1. The molecule has 4 N–H and O–H groups in total. The molecule has 1 aliphatic rings. The molecule has 7 nitrogen and oxygen atoms in total. The fourth-order valence-corrected chi connectivity index (χ4v) is 2.59. The maximum atomic E-state index is 13.8. The molecule has 3 rings (SSSR count). The van der Waals surface area contributed by atoms with Gasteiger partial charge in [-0.3, -0.25) is 0 Å². The minimum atomic E-state index is -3.12. The van der Waals surface area contributed by atoms with Crippen molar-refractivity contribution in [3.63, 3.8) is 0 Å². The third kappa shape index (κ3) is 1.47. The van der Waals surface area contributed by atoms with Gasteiger partial charge in [0.15, 0.2) is 11.5 Å². The van der Waals surface area contributed by atoms with E-state index in [1.807, 2.05) is 0 Å². The molecular weight excluding hydrogens is 272 g/mol. The number of aliphatic hydroxyl groups is 2. The van der Waals surface area contributed by atoms with Crippen LogP contribution in [0.5, 0.6) is 0 Å². The van der Waals surface area contributed by atoms with Crippen molar-refractivity contribution in [1.29, 1.82) is 0 Å². The van der Waals surface area contributed by atoms with Gasteiger partial charge in [0.2, 0.25) is 0 Å². The number of hydrogen-bond donors (Lipinski definition) is 3. The third-order valence-corrected chi connectivity index (χ3v) is 4.06. The Morgan fingerprint density at radius 2 is 1.95 bits per heavy atom. The highest BCUT2D eigenvalue weighted by Gasteiger charge is 2.80. The molecule has 1 aliphatic carbocycles. The standard InChI is InChI=1S/C11H13F2N5O2/c12-11(13)6(10(11,2-19)3-20)1-18-5-17-7-8(14)15-4-16-9(7)18/h4-6,19-20H,1-3H2,(H2,14,15,16)/t6-/m0/s1. The monoisotopic (exact) mass is 285 g/mol. The molecule has 0 saturated heterocycles. The number of rotatable bonds is 4. The van der Waals surface area contributed by atoms with E-state index in [-0.39, 0.29) is 12.4 Å². The van der Waals surface area contributed by atoms with E-state index in [9.17, 15) is 8.78 Å². The molecule has 1 fully saturated rings. The van der Waals surface area contributed by atoms with E-state index >= 15 is 0 Å². The number of alkyl halides is 2. The Kier molecular flexibility index (Phi) is 2.67. The predicted molar refractivity (Wildman–Crippen MR) is 64.8 cm³/mol. The molecular formula is C11H13F2N5O2. The number of anilines is 1. The Morgan fingerprint density at radius 3 is 2.55 bits per heavy atom. The number of nitrogens with two attached hydrogens (primary N) is 1. The van der Waals surface area contributed by atoms with Gasteiger partial charge in [0.25, 0.3) is 5.92 Å². The van der Waals surface area contributed by atoms with Crippen LogP contribution in [0.3, 0.4) is 0 Å². The van der Waals surface area contributed by atoms with Crippen molar-refractivity contribution in [2.75, 3.05) is 18.9 Å². The minimum absolute atomic E-state index is 0.110. The molecule has 2 aromatic heterocycles. The van der Waals surface area contributed by atoms with Gasteiger partial charge in [-0.1, -0.05) is 0 Å². The molecule has 20 heavy (non-hydrogen) atoms. The third-order valence-electron chi connectivity index (χ3n) is 4.06. The smallest absolute Gasteiger partial charge is 0.264 e. The van der Waals surface area contributed by atoms with Gasteiger partial charge in [0.05, 0.1) is 30.9 Å². The molecule has 0 radical (unpaired) electrons. The van der Waals surface area contributed by atoms with Gasteiger partial charge in [-0.2, -0.15) is 0 Å². The summed E-state index contributed by atoms with van der Waals surface area (Å²) in [4.78, 5) is 11.7. The molecule has 0 bridgehead atoms. The van der Waals surface area contributed by atoms with Gasteiger partial charge in [-0.15, -0.1) is 0 Å².